The van der Waals surface area contributed by atoms with Crippen molar-refractivity contribution in [1.82, 2.24) is 0 Å². The van der Waals surface area contributed by atoms with Crippen LogP contribution in [-0.2, 0) is 19.5 Å². The van der Waals surface area contributed by atoms with E-state index in [1.54, 1.807) is 0 Å². The van der Waals surface area contributed by atoms with Crippen molar-refractivity contribution < 1.29 is 43.5 Å². The van der Waals surface area contributed by atoms with Gasteiger partial charge in [-0.15, -0.1) is 0 Å². The molecule has 0 aliphatic rings. The average Bonchev–Trinajstić information content (AvgIpc) is 1.69. The summed E-state index contributed by atoms with van der Waals surface area (Å²) in [5, 5.41) is 0. The number of hydrogen-bond acceptors (Lipinski definition) is 0. The molecule has 0 aliphatic carbocycles. The largest absolute Gasteiger partial charge is 1.00 e. The summed E-state index contributed by atoms with van der Waals surface area (Å²) in [4.78, 5) is 0. The van der Waals surface area contributed by atoms with Crippen LogP contribution in [0.4, 0.5) is 0 Å². The Morgan fingerprint density at radius 3 is 2.22 bits per heavy atom. The summed E-state index contributed by atoms with van der Waals surface area (Å²) in [5.74, 6) is 0. The van der Waals surface area contributed by atoms with Crippen LogP contribution in [0.3, 0.4) is 0 Å². The van der Waals surface area contributed by atoms with Crippen molar-refractivity contribution in [1.29, 1.82) is 0 Å². The molecule has 0 spiro atoms. The quantitative estimate of drug-likeness (QED) is 0.428. The maximum atomic E-state index is 3.26. The normalized spacial score (nSPS) is 6.78. The Bertz CT molecular complexity index is 143. The van der Waals surface area contributed by atoms with E-state index in [0.717, 1.165) is 4.47 Å². The molecule has 1 radical (unpaired) electrons. The topological polar surface area (TPSA) is 0 Å². The van der Waals surface area contributed by atoms with Crippen LogP contribution in [0.25, 0.3) is 0 Å². The fraction of sp³-hybridized carbons (Fsp3) is 0. The van der Waals surface area contributed by atoms with Crippen molar-refractivity contribution in [3.63, 3.8) is 0 Å². The summed E-state index contributed by atoms with van der Waals surface area (Å²) in [7, 11) is 0. The molecule has 45 valence electrons. The van der Waals surface area contributed by atoms with Crippen LogP contribution < -0.4 is 24.0 Å². The predicted octanol–water partition coefficient (Wildman–Crippen LogP) is -0.749. The minimum atomic E-state index is 0. The van der Waals surface area contributed by atoms with Crippen LogP contribution in [-0.4, -0.2) is 0 Å². The molecule has 0 atom stereocenters. The molecule has 0 amide bonds. The molecule has 1 rings (SSSR count). The van der Waals surface area contributed by atoms with Crippen LogP contribution >= 0.6 is 15.9 Å². The molecule has 0 bridgehead atoms. The fourth-order valence-corrected chi connectivity index (χ4v) is 0.656. The summed E-state index contributed by atoms with van der Waals surface area (Å²) in [5.41, 5.74) is 0. The van der Waals surface area contributed by atoms with Crippen molar-refractivity contribution >= 4 is 15.9 Å². The second-order valence-corrected chi connectivity index (χ2v) is 2.06. The first kappa shape index (κ1) is 12.7. The SMILES string of the molecule is Brc1[c]cccc1.[I-].[Zn]. The van der Waals surface area contributed by atoms with Gasteiger partial charge in [-0.3, -0.25) is 0 Å². The summed E-state index contributed by atoms with van der Waals surface area (Å²) >= 11 is 3.26. The van der Waals surface area contributed by atoms with Gasteiger partial charge in [0.15, 0.2) is 0 Å². The van der Waals surface area contributed by atoms with Crippen LogP contribution in [0.1, 0.15) is 0 Å². The first-order valence-corrected chi connectivity index (χ1v) is 2.81. The van der Waals surface area contributed by atoms with Gasteiger partial charge in [0.1, 0.15) is 0 Å². The molecule has 1 aromatic rings. The fourth-order valence-electron chi connectivity index (χ4n) is 0.371. The van der Waals surface area contributed by atoms with E-state index >= 15 is 0 Å². The van der Waals surface area contributed by atoms with E-state index in [0.29, 0.717) is 0 Å². The zero-order valence-electron chi connectivity index (χ0n) is 4.77. The molecule has 0 aliphatic heterocycles. The molecule has 3 heteroatoms. The number of rotatable bonds is 0. The second-order valence-electron chi connectivity index (χ2n) is 1.21. The van der Waals surface area contributed by atoms with Crippen LogP contribution in [0.2, 0.25) is 0 Å². The monoisotopic (exact) mass is 346 g/mol. The average molecular weight is 348 g/mol. The Balaban J connectivity index is 0. The molecule has 0 aromatic heterocycles. The van der Waals surface area contributed by atoms with Gasteiger partial charge < -0.3 is 24.0 Å². The van der Waals surface area contributed by atoms with E-state index in [2.05, 4.69) is 22.0 Å². The summed E-state index contributed by atoms with van der Waals surface area (Å²) in [6, 6.07) is 10.7. The van der Waals surface area contributed by atoms with Gasteiger partial charge in [0, 0.05) is 24.0 Å². The Morgan fingerprint density at radius 1 is 1.33 bits per heavy atom. The Kier molecular flexibility index (Phi) is 10.1. The van der Waals surface area contributed by atoms with Gasteiger partial charge in [0.2, 0.25) is 0 Å². The summed E-state index contributed by atoms with van der Waals surface area (Å²) in [6.07, 6.45) is 0. The van der Waals surface area contributed by atoms with Crippen molar-refractivity contribution in [3.8, 4) is 0 Å². The molecule has 0 nitrogen and oxygen atoms in total. The molecule has 0 fully saturated rings. The number of halogens is 2. The summed E-state index contributed by atoms with van der Waals surface area (Å²) in [6.45, 7) is 0. The van der Waals surface area contributed by atoms with Crippen molar-refractivity contribution in [3.05, 3.63) is 34.8 Å². The molecule has 0 saturated carbocycles. The van der Waals surface area contributed by atoms with Crippen LogP contribution in [0, 0.1) is 6.07 Å². The van der Waals surface area contributed by atoms with E-state index in [-0.39, 0.29) is 43.5 Å². The first-order valence-electron chi connectivity index (χ1n) is 2.02. The maximum absolute atomic E-state index is 3.26. The third kappa shape index (κ3) is 5.50. The minimum Gasteiger partial charge on any atom is -1.00 e. The van der Waals surface area contributed by atoms with Crippen LogP contribution in [0.5, 0.6) is 0 Å². The Labute approximate surface area is 93.3 Å². The van der Waals surface area contributed by atoms with Crippen molar-refractivity contribution in [2.45, 2.75) is 0 Å². The Morgan fingerprint density at radius 2 is 2.00 bits per heavy atom. The van der Waals surface area contributed by atoms with E-state index in [9.17, 15) is 0 Å². The summed E-state index contributed by atoms with van der Waals surface area (Å²) < 4.78 is 1.01. The molecule has 1 aromatic carbocycles. The molecular weight excluding hydrogens is 344 g/mol. The van der Waals surface area contributed by atoms with Crippen molar-refractivity contribution in [2.24, 2.45) is 0 Å². The smallest absolute Gasteiger partial charge is 0.0254 e. The van der Waals surface area contributed by atoms with Gasteiger partial charge in [-0.25, -0.2) is 0 Å². The van der Waals surface area contributed by atoms with Gasteiger partial charge in [-0.1, -0.05) is 34.1 Å². The van der Waals surface area contributed by atoms with Gasteiger partial charge in [-0.05, 0) is 12.1 Å². The van der Waals surface area contributed by atoms with E-state index in [1.807, 2.05) is 24.3 Å². The van der Waals surface area contributed by atoms with Gasteiger partial charge in [-0.2, -0.15) is 0 Å². The third-order valence-electron chi connectivity index (χ3n) is 0.671. The molecular formula is C6H4BrIZn-. The zero-order chi connectivity index (χ0) is 5.11. The molecule has 0 unspecified atom stereocenters. The Hall–Kier alpha value is 1.05. The molecule has 9 heavy (non-hydrogen) atoms. The van der Waals surface area contributed by atoms with Gasteiger partial charge in [0.05, 0.1) is 0 Å². The van der Waals surface area contributed by atoms with Crippen LogP contribution in [0.15, 0.2) is 28.7 Å². The predicted molar refractivity (Wildman–Crippen MR) is 33.0 cm³/mol. The zero-order valence-corrected chi connectivity index (χ0v) is 11.5. The maximum Gasteiger partial charge on any atom is 0.0254 e. The van der Waals surface area contributed by atoms with Gasteiger partial charge >= 0.3 is 0 Å². The van der Waals surface area contributed by atoms with E-state index in [1.165, 1.54) is 0 Å². The second kappa shape index (κ2) is 7.16. The number of benzene rings is 1. The minimum absolute atomic E-state index is 0. The molecule has 0 heterocycles. The molecule has 0 saturated heterocycles. The van der Waals surface area contributed by atoms with E-state index < -0.39 is 0 Å². The van der Waals surface area contributed by atoms with Gasteiger partial charge in [0.25, 0.3) is 0 Å². The van der Waals surface area contributed by atoms with E-state index in [4.69, 9.17) is 0 Å². The number of hydrogen-bond donors (Lipinski definition) is 0. The standard InChI is InChI=1S/C6H4Br.HI.Zn/c7-6-4-2-1-3-5-6;;/h1-4H;1H;/p-1. The van der Waals surface area contributed by atoms with Crippen molar-refractivity contribution in [2.75, 3.05) is 0 Å². The molecule has 0 N–H and O–H groups in total. The first-order chi connectivity index (χ1) is 3.39. The third-order valence-corrected chi connectivity index (χ3v) is 1.16.